The van der Waals surface area contributed by atoms with Crippen LogP contribution in [0, 0.1) is 0 Å². The molecule has 0 saturated heterocycles. The first-order valence-corrected chi connectivity index (χ1v) is 6.47. The SMILES string of the molecule is CC(C)(C)NCCNCc1coc2ccccc12. The van der Waals surface area contributed by atoms with Gasteiger partial charge < -0.3 is 15.1 Å². The third kappa shape index (κ3) is 3.59. The van der Waals surface area contributed by atoms with E-state index in [0.29, 0.717) is 0 Å². The Kier molecular flexibility index (Phi) is 4.04. The number of nitrogens with one attached hydrogen (secondary N) is 2. The summed E-state index contributed by atoms with van der Waals surface area (Å²) in [7, 11) is 0. The van der Waals surface area contributed by atoms with Gasteiger partial charge in [-0.15, -0.1) is 0 Å². The summed E-state index contributed by atoms with van der Waals surface area (Å²) < 4.78 is 5.50. The van der Waals surface area contributed by atoms with Crippen LogP contribution in [-0.4, -0.2) is 18.6 Å². The molecule has 98 valence electrons. The molecule has 0 aliphatic carbocycles. The predicted octanol–water partition coefficient (Wildman–Crippen LogP) is 2.91. The molecule has 0 unspecified atom stereocenters. The van der Waals surface area contributed by atoms with E-state index < -0.39 is 0 Å². The first-order valence-electron chi connectivity index (χ1n) is 6.47. The first kappa shape index (κ1) is 13.1. The van der Waals surface area contributed by atoms with Crippen LogP contribution in [0.2, 0.25) is 0 Å². The van der Waals surface area contributed by atoms with E-state index in [2.05, 4.69) is 37.5 Å². The monoisotopic (exact) mass is 246 g/mol. The standard InChI is InChI=1S/C15H22N2O/c1-15(2,3)17-9-8-16-10-12-11-18-14-7-5-4-6-13(12)14/h4-7,11,16-17H,8-10H2,1-3H3. The molecule has 2 aromatic rings. The third-order valence-electron chi connectivity index (χ3n) is 2.83. The molecule has 0 fully saturated rings. The normalized spacial score (nSPS) is 12.2. The van der Waals surface area contributed by atoms with Crippen LogP contribution >= 0.6 is 0 Å². The van der Waals surface area contributed by atoms with Crippen LogP contribution in [0.5, 0.6) is 0 Å². The van der Waals surface area contributed by atoms with Crippen molar-refractivity contribution in [2.45, 2.75) is 32.9 Å². The molecule has 0 aliphatic rings. The van der Waals surface area contributed by atoms with Crippen molar-refractivity contribution in [3.8, 4) is 0 Å². The molecule has 0 radical (unpaired) electrons. The summed E-state index contributed by atoms with van der Waals surface area (Å²) in [5.74, 6) is 0. The Morgan fingerprint density at radius 2 is 1.89 bits per heavy atom. The van der Waals surface area contributed by atoms with Gasteiger partial charge >= 0.3 is 0 Å². The Morgan fingerprint density at radius 3 is 2.67 bits per heavy atom. The fraction of sp³-hybridized carbons (Fsp3) is 0.467. The second kappa shape index (κ2) is 5.55. The number of hydrogen-bond acceptors (Lipinski definition) is 3. The molecule has 2 rings (SSSR count). The molecule has 3 nitrogen and oxygen atoms in total. The van der Waals surface area contributed by atoms with E-state index in [-0.39, 0.29) is 5.54 Å². The van der Waals surface area contributed by atoms with Crippen LogP contribution in [-0.2, 0) is 6.54 Å². The maximum Gasteiger partial charge on any atom is 0.134 e. The zero-order valence-electron chi connectivity index (χ0n) is 11.4. The molecule has 0 aliphatic heterocycles. The van der Waals surface area contributed by atoms with E-state index in [4.69, 9.17) is 4.42 Å². The summed E-state index contributed by atoms with van der Waals surface area (Å²) in [4.78, 5) is 0. The second-order valence-electron chi connectivity index (χ2n) is 5.61. The maximum absolute atomic E-state index is 5.50. The number of rotatable bonds is 5. The summed E-state index contributed by atoms with van der Waals surface area (Å²) in [5.41, 5.74) is 2.37. The molecule has 0 bridgehead atoms. The third-order valence-corrected chi connectivity index (χ3v) is 2.83. The van der Waals surface area contributed by atoms with Crippen molar-refractivity contribution in [2.24, 2.45) is 0 Å². The topological polar surface area (TPSA) is 37.2 Å². The molecule has 18 heavy (non-hydrogen) atoms. The van der Waals surface area contributed by atoms with Crippen LogP contribution < -0.4 is 10.6 Å². The molecule has 2 N–H and O–H groups in total. The van der Waals surface area contributed by atoms with Gasteiger partial charge in [0, 0.05) is 36.1 Å². The van der Waals surface area contributed by atoms with Gasteiger partial charge in [0.25, 0.3) is 0 Å². The van der Waals surface area contributed by atoms with Crippen molar-refractivity contribution < 1.29 is 4.42 Å². The average Bonchev–Trinajstić information content (AvgIpc) is 2.71. The minimum atomic E-state index is 0.185. The van der Waals surface area contributed by atoms with Crippen molar-refractivity contribution in [2.75, 3.05) is 13.1 Å². The molecule has 0 amide bonds. The van der Waals surface area contributed by atoms with Crippen LogP contribution in [0.3, 0.4) is 0 Å². The number of hydrogen-bond donors (Lipinski definition) is 2. The van der Waals surface area contributed by atoms with Crippen molar-refractivity contribution in [1.29, 1.82) is 0 Å². The lowest BCUT2D eigenvalue weighted by Crippen LogP contribution is -2.40. The van der Waals surface area contributed by atoms with Crippen LogP contribution in [0.15, 0.2) is 34.9 Å². The van der Waals surface area contributed by atoms with Gasteiger partial charge in [-0.3, -0.25) is 0 Å². The Hall–Kier alpha value is -1.32. The van der Waals surface area contributed by atoms with Crippen LogP contribution in [0.4, 0.5) is 0 Å². The molecule has 1 heterocycles. The van der Waals surface area contributed by atoms with Gasteiger partial charge in [0.1, 0.15) is 5.58 Å². The predicted molar refractivity (Wildman–Crippen MR) is 75.7 cm³/mol. The van der Waals surface area contributed by atoms with E-state index >= 15 is 0 Å². The summed E-state index contributed by atoms with van der Waals surface area (Å²) in [6.45, 7) is 9.31. The summed E-state index contributed by atoms with van der Waals surface area (Å²) >= 11 is 0. The largest absolute Gasteiger partial charge is 0.464 e. The van der Waals surface area contributed by atoms with E-state index in [1.54, 1.807) is 0 Å². The van der Waals surface area contributed by atoms with Crippen molar-refractivity contribution in [1.82, 2.24) is 10.6 Å². The average molecular weight is 246 g/mol. The fourth-order valence-corrected chi connectivity index (χ4v) is 1.92. The maximum atomic E-state index is 5.50. The van der Waals surface area contributed by atoms with Gasteiger partial charge in [-0.25, -0.2) is 0 Å². The minimum Gasteiger partial charge on any atom is -0.464 e. The van der Waals surface area contributed by atoms with E-state index in [9.17, 15) is 0 Å². The molecule has 0 saturated carbocycles. The van der Waals surface area contributed by atoms with Gasteiger partial charge in [-0.05, 0) is 26.8 Å². The summed E-state index contributed by atoms with van der Waals surface area (Å²) in [5, 5.41) is 8.09. The van der Waals surface area contributed by atoms with Crippen molar-refractivity contribution in [3.05, 3.63) is 36.1 Å². The Labute approximate surface area is 109 Å². The molecule has 3 heteroatoms. The van der Waals surface area contributed by atoms with Crippen molar-refractivity contribution >= 4 is 11.0 Å². The molecular formula is C15H22N2O. The minimum absolute atomic E-state index is 0.185. The lowest BCUT2D eigenvalue weighted by atomic mass is 10.1. The fourth-order valence-electron chi connectivity index (χ4n) is 1.92. The van der Waals surface area contributed by atoms with Gasteiger partial charge in [0.2, 0.25) is 0 Å². The van der Waals surface area contributed by atoms with Crippen molar-refractivity contribution in [3.63, 3.8) is 0 Å². The molecule has 1 aromatic heterocycles. The highest BCUT2D eigenvalue weighted by atomic mass is 16.3. The first-order chi connectivity index (χ1) is 8.56. The Morgan fingerprint density at radius 1 is 1.11 bits per heavy atom. The van der Waals surface area contributed by atoms with Gasteiger partial charge in [0.15, 0.2) is 0 Å². The highest BCUT2D eigenvalue weighted by Crippen LogP contribution is 2.20. The zero-order valence-corrected chi connectivity index (χ0v) is 11.4. The van der Waals surface area contributed by atoms with Gasteiger partial charge in [-0.2, -0.15) is 0 Å². The number of fused-ring (bicyclic) bond motifs is 1. The number of furan rings is 1. The van der Waals surface area contributed by atoms with Gasteiger partial charge in [-0.1, -0.05) is 18.2 Å². The molecule has 0 spiro atoms. The summed E-state index contributed by atoms with van der Waals surface area (Å²) in [6.07, 6.45) is 1.84. The second-order valence-corrected chi connectivity index (χ2v) is 5.61. The smallest absolute Gasteiger partial charge is 0.134 e. The van der Waals surface area contributed by atoms with E-state index in [1.807, 2.05) is 24.5 Å². The highest BCUT2D eigenvalue weighted by molar-refractivity contribution is 5.80. The van der Waals surface area contributed by atoms with Crippen LogP contribution in [0.1, 0.15) is 26.3 Å². The van der Waals surface area contributed by atoms with E-state index in [0.717, 1.165) is 25.2 Å². The summed E-state index contributed by atoms with van der Waals surface area (Å²) in [6, 6.07) is 8.14. The Bertz CT molecular complexity index is 496. The highest BCUT2D eigenvalue weighted by Gasteiger charge is 2.07. The van der Waals surface area contributed by atoms with E-state index in [1.165, 1.54) is 10.9 Å². The van der Waals surface area contributed by atoms with Gasteiger partial charge in [0.05, 0.1) is 6.26 Å². The molecule has 0 atom stereocenters. The lowest BCUT2D eigenvalue weighted by Gasteiger charge is -2.20. The number of benzene rings is 1. The molecule has 1 aromatic carbocycles. The molecular weight excluding hydrogens is 224 g/mol. The number of para-hydroxylation sites is 1. The lowest BCUT2D eigenvalue weighted by molar-refractivity contribution is 0.421. The van der Waals surface area contributed by atoms with Crippen LogP contribution in [0.25, 0.3) is 11.0 Å². The Balaban J connectivity index is 1.80. The quantitative estimate of drug-likeness (QED) is 0.797. The zero-order chi connectivity index (χ0) is 13.0.